The van der Waals surface area contributed by atoms with Gasteiger partial charge in [0.1, 0.15) is 17.3 Å². The van der Waals surface area contributed by atoms with Gasteiger partial charge in [-0.15, -0.1) is 0 Å². The minimum atomic E-state index is -1.04. The molecule has 1 unspecified atom stereocenters. The number of Topliss-reactive ketones (excluding diaryl/α,β-unsaturated/α-hetero) is 1. The summed E-state index contributed by atoms with van der Waals surface area (Å²) < 4.78 is 9.83. The molecular weight excluding hydrogens is 486 g/mol. The van der Waals surface area contributed by atoms with Gasteiger partial charge in [-0.25, -0.2) is 0 Å². The molecule has 184 valence electrons. The van der Waals surface area contributed by atoms with Crippen LogP contribution in [0, 0.1) is 0 Å². The topological polar surface area (TPSA) is 113 Å². The molecule has 0 radical (unpaired) electrons. The van der Waals surface area contributed by atoms with Crippen molar-refractivity contribution < 1.29 is 34.1 Å². The lowest BCUT2D eigenvalue weighted by molar-refractivity contribution is -0.139. The van der Waals surface area contributed by atoms with Gasteiger partial charge in [0.05, 0.1) is 37.3 Å². The van der Waals surface area contributed by atoms with Gasteiger partial charge in [0.25, 0.3) is 11.7 Å². The standard InChI is InChI=1S/C27H22ClNO7/c1-35-21-11-8-17(14-20(21)28)25(32)23-24(16-4-3-5-19(30)13-16)29(27(34)26(23)33)18-9-6-15(7-10-18)12-22(31)36-2/h3-11,13-14,24,30,32H,12H2,1-2H3/b25-23-. The summed E-state index contributed by atoms with van der Waals surface area (Å²) in [5, 5.41) is 21.5. The Morgan fingerprint density at radius 1 is 1.03 bits per heavy atom. The first-order valence-electron chi connectivity index (χ1n) is 10.8. The zero-order valence-corrected chi connectivity index (χ0v) is 20.2. The number of esters is 1. The Balaban J connectivity index is 1.86. The quantitative estimate of drug-likeness (QED) is 0.220. The van der Waals surface area contributed by atoms with Gasteiger partial charge < -0.3 is 19.7 Å². The molecule has 1 saturated heterocycles. The molecule has 2 N–H and O–H groups in total. The summed E-state index contributed by atoms with van der Waals surface area (Å²) in [5.74, 6) is -2.28. The Morgan fingerprint density at radius 2 is 1.75 bits per heavy atom. The minimum Gasteiger partial charge on any atom is -0.508 e. The lowest BCUT2D eigenvalue weighted by atomic mass is 9.95. The average molecular weight is 508 g/mol. The van der Waals surface area contributed by atoms with Crippen molar-refractivity contribution in [1.82, 2.24) is 0 Å². The third-order valence-electron chi connectivity index (χ3n) is 5.85. The molecule has 1 aliphatic rings. The van der Waals surface area contributed by atoms with E-state index in [1.807, 2.05) is 0 Å². The Labute approximate surface area is 211 Å². The Hall–Kier alpha value is -4.30. The summed E-state index contributed by atoms with van der Waals surface area (Å²) in [7, 11) is 2.74. The first-order chi connectivity index (χ1) is 17.2. The number of carbonyl (C=O) groups is 3. The zero-order valence-electron chi connectivity index (χ0n) is 19.4. The highest BCUT2D eigenvalue weighted by atomic mass is 35.5. The van der Waals surface area contributed by atoms with E-state index in [1.165, 1.54) is 49.5 Å². The maximum absolute atomic E-state index is 13.2. The molecule has 0 bridgehead atoms. The summed E-state index contributed by atoms with van der Waals surface area (Å²) in [4.78, 5) is 39.3. The SMILES string of the molecule is COC(=O)Cc1ccc(N2C(=O)C(=O)/C(=C(\O)c3ccc(OC)c(Cl)c3)C2c2cccc(O)c2)cc1. The van der Waals surface area contributed by atoms with E-state index in [0.717, 1.165) is 0 Å². The summed E-state index contributed by atoms with van der Waals surface area (Å²) in [6, 6.07) is 16.1. The molecule has 3 aromatic carbocycles. The normalized spacial score (nSPS) is 16.8. The second kappa shape index (κ2) is 10.1. The van der Waals surface area contributed by atoms with Gasteiger partial charge in [-0.2, -0.15) is 0 Å². The van der Waals surface area contributed by atoms with Crippen molar-refractivity contribution in [2.45, 2.75) is 12.5 Å². The van der Waals surface area contributed by atoms with Crippen LogP contribution in [0.15, 0.2) is 72.3 Å². The van der Waals surface area contributed by atoms with Gasteiger partial charge in [0, 0.05) is 11.3 Å². The Bertz CT molecular complexity index is 1380. The summed E-state index contributed by atoms with van der Waals surface area (Å²) in [6.45, 7) is 0. The molecule has 9 heteroatoms. The molecule has 36 heavy (non-hydrogen) atoms. The molecule has 0 spiro atoms. The number of aliphatic hydroxyl groups is 1. The van der Waals surface area contributed by atoms with E-state index >= 15 is 0 Å². The van der Waals surface area contributed by atoms with Crippen molar-refractivity contribution in [3.05, 3.63) is 94.0 Å². The van der Waals surface area contributed by atoms with Crippen molar-refractivity contribution >= 4 is 40.7 Å². The van der Waals surface area contributed by atoms with E-state index in [4.69, 9.17) is 16.3 Å². The average Bonchev–Trinajstić information content (AvgIpc) is 3.14. The number of ether oxygens (including phenoxy) is 2. The molecule has 3 aromatic rings. The molecule has 1 atom stereocenters. The molecular formula is C27H22ClNO7. The number of hydrogen-bond donors (Lipinski definition) is 2. The highest BCUT2D eigenvalue weighted by Gasteiger charge is 2.47. The highest BCUT2D eigenvalue weighted by Crippen LogP contribution is 2.43. The number of phenols is 1. The van der Waals surface area contributed by atoms with Crippen LogP contribution in [0.3, 0.4) is 0 Å². The number of phenolic OH excluding ortho intramolecular Hbond substituents is 1. The van der Waals surface area contributed by atoms with Crippen LogP contribution >= 0.6 is 11.6 Å². The van der Waals surface area contributed by atoms with E-state index in [0.29, 0.717) is 22.6 Å². The number of anilines is 1. The van der Waals surface area contributed by atoms with Crippen LogP contribution < -0.4 is 9.64 Å². The van der Waals surface area contributed by atoms with E-state index < -0.39 is 29.5 Å². The van der Waals surface area contributed by atoms with Crippen LogP contribution in [0.1, 0.15) is 22.7 Å². The van der Waals surface area contributed by atoms with Crippen molar-refractivity contribution in [1.29, 1.82) is 0 Å². The maximum Gasteiger partial charge on any atom is 0.309 e. The van der Waals surface area contributed by atoms with E-state index in [1.54, 1.807) is 36.4 Å². The van der Waals surface area contributed by atoms with Crippen molar-refractivity contribution in [2.24, 2.45) is 0 Å². The first kappa shape index (κ1) is 24.8. The predicted octanol–water partition coefficient (Wildman–Crippen LogP) is 4.40. The fraction of sp³-hybridized carbons (Fsp3) is 0.148. The van der Waals surface area contributed by atoms with Gasteiger partial charge in [0.2, 0.25) is 0 Å². The van der Waals surface area contributed by atoms with Gasteiger partial charge in [-0.1, -0.05) is 35.9 Å². The number of methoxy groups -OCH3 is 2. The summed E-state index contributed by atoms with van der Waals surface area (Å²) >= 11 is 6.22. The van der Waals surface area contributed by atoms with Crippen LogP contribution in [0.5, 0.6) is 11.5 Å². The molecule has 1 aliphatic heterocycles. The highest BCUT2D eigenvalue weighted by molar-refractivity contribution is 6.51. The van der Waals surface area contributed by atoms with Gasteiger partial charge in [-0.05, 0) is 53.6 Å². The van der Waals surface area contributed by atoms with Gasteiger partial charge in [-0.3, -0.25) is 19.3 Å². The fourth-order valence-corrected chi connectivity index (χ4v) is 4.35. The Morgan fingerprint density at radius 3 is 2.36 bits per heavy atom. The lowest BCUT2D eigenvalue weighted by Gasteiger charge is -2.25. The molecule has 1 amide bonds. The van der Waals surface area contributed by atoms with Crippen molar-refractivity contribution in [2.75, 3.05) is 19.1 Å². The number of carbonyl (C=O) groups excluding carboxylic acids is 3. The first-order valence-corrected chi connectivity index (χ1v) is 11.2. The van der Waals surface area contributed by atoms with E-state index in [9.17, 15) is 24.6 Å². The van der Waals surface area contributed by atoms with E-state index in [-0.39, 0.29) is 28.3 Å². The largest absolute Gasteiger partial charge is 0.508 e. The number of rotatable bonds is 6. The predicted molar refractivity (Wildman–Crippen MR) is 133 cm³/mol. The molecule has 8 nitrogen and oxygen atoms in total. The lowest BCUT2D eigenvalue weighted by Crippen LogP contribution is -2.29. The molecule has 0 aromatic heterocycles. The van der Waals surface area contributed by atoms with E-state index in [2.05, 4.69) is 4.74 Å². The van der Waals surface area contributed by atoms with Crippen LogP contribution in [-0.4, -0.2) is 42.1 Å². The monoisotopic (exact) mass is 507 g/mol. The number of amides is 1. The molecule has 4 rings (SSSR count). The fourth-order valence-electron chi connectivity index (χ4n) is 4.09. The van der Waals surface area contributed by atoms with Crippen molar-refractivity contribution in [3.63, 3.8) is 0 Å². The molecule has 0 saturated carbocycles. The van der Waals surface area contributed by atoms with Crippen LogP contribution in [0.4, 0.5) is 5.69 Å². The maximum atomic E-state index is 13.2. The van der Waals surface area contributed by atoms with Crippen LogP contribution in [0.2, 0.25) is 5.02 Å². The van der Waals surface area contributed by atoms with Gasteiger partial charge in [0.15, 0.2) is 0 Å². The molecule has 1 fully saturated rings. The Kier molecular flexibility index (Phi) is 6.98. The van der Waals surface area contributed by atoms with Gasteiger partial charge >= 0.3 is 5.97 Å². The minimum absolute atomic E-state index is 0.0454. The summed E-state index contributed by atoms with van der Waals surface area (Å²) in [6.07, 6.45) is 0.0454. The van der Waals surface area contributed by atoms with Crippen LogP contribution in [-0.2, 0) is 25.5 Å². The number of aliphatic hydroxyl groups excluding tert-OH is 1. The molecule has 0 aliphatic carbocycles. The number of nitrogens with zero attached hydrogens (tertiary/aromatic N) is 1. The number of aromatic hydroxyl groups is 1. The second-order valence-electron chi connectivity index (χ2n) is 8.03. The third kappa shape index (κ3) is 4.63. The molecule has 1 heterocycles. The number of hydrogen-bond acceptors (Lipinski definition) is 7. The smallest absolute Gasteiger partial charge is 0.309 e. The zero-order chi connectivity index (χ0) is 26.0. The third-order valence-corrected chi connectivity index (χ3v) is 6.14. The number of halogens is 1. The van der Waals surface area contributed by atoms with Crippen LogP contribution in [0.25, 0.3) is 5.76 Å². The summed E-state index contributed by atoms with van der Waals surface area (Å²) in [5.41, 5.74) is 1.49. The number of benzene rings is 3. The second-order valence-corrected chi connectivity index (χ2v) is 8.44. The van der Waals surface area contributed by atoms with Crippen molar-refractivity contribution in [3.8, 4) is 11.5 Å². The number of ketones is 1.